The molecule has 0 radical (unpaired) electrons. The Morgan fingerprint density at radius 2 is 1.76 bits per heavy atom. The van der Waals surface area contributed by atoms with Crippen molar-refractivity contribution < 1.29 is 17.5 Å². The van der Waals surface area contributed by atoms with Crippen LogP contribution in [0.1, 0.15) is 22.4 Å². The number of pyridine rings is 1. The fraction of sp³-hybridized carbons (Fsp3) is 0.190. The molecule has 3 aromatic rings. The molecule has 0 spiro atoms. The van der Waals surface area contributed by atoms with Gasteiger partial charge in [0, 0.05) is 10.7 Å². The van der Waals surface area contributed by atoms with Crippen LogP contribution in [0.5, 0.6) is 0 Å². The van der Waals surface area contributed by atoms with E-state index in [2.05, 4.69) is 9.71 Å². The molecule has 29 heavy (non-hydrogen) atoms. The van der Waals surface area contributed by atoms with Crippen LogP contribution in [0.2, 0.25) is 5.02 Å². The number of rotatable bonds is 7. The third-order valence-electron chi connectivity index (χ3n) is 4.38. The molecule has 1 N–H and O–H groups in total. The summed E-state index contributed by atoms with van der Waals surface area (Å²) in [6.07, 6.45) is 0. The zero-order valence-corrected chi connectivity index (χ0v) is 17.5. The Morgan fingerprint density at radius 1 is 1.03 bits per heavy atom. The lowest BCUT2D eigenvalue weighted by Crippen LogP contribution is -2.15. The Hall–Kier alpha value is -2.48. The lowest BCUT2D eigenvalue weighted by atomic mass is 10.2. The molecule has 0 bridgehead atoms. The second-order valence-electron chi connectivity index (χ2n) is 6.53. The average Bonchev–Trinajstić information content (AvgIpc) is 2.67. The van der Waals surface area contributed by atoms with Gasteiger partial charge in [0.2, 0.25) is 0 Å². The fourth-order valence-electron chi connectivity index (χ4n) is 2.73. The molecule has 152 valence electrons. The average molecular weight is 435 g/mol. The number of hydrogen-bond donors (Lipinski definition) is 1. The molecular formula is C21H20ClFN2O3S. The van der Waals surface area contributed by atoms with Crippen LogP contribution in [0.3, 0.4) is 0 Å². The number of anilines is 1. The molecule has 5 nitrogen and oxygen atoms in total. The summed E-state index contributed by atoms with van der Waals surface area (Å²) in [4.78, 5) is 4.43. The highest BCUT2D eigenvalue weighted by Gasteiger charge is 2.19. The zero-order chi connectivity index (χ0) is 21.0. The van der Waals surface area contributed by atoms with Crippen molar-refractivity contribution in [1.82, 2.24) is 4.98 Å². The van der Waals surface area contributed by atoms with Crippen molar-refractivity contribution in [2.24, 2.45) is 0 Å². The van der Waals surface area contributed by atoms with Crippen molar-refractivity contribution in [2.75, 3.05) is 4.72 Å². The quantitative estimate of drug-likeness (QED) is 0.567. The Kier molecular flexibility index (Phi) is 6.52. The number of sulfonamides is 1. The van der Waals surface area contributed by atoms with Gasteiger partial charge in [-0.25, -0.2) is 17.8 Å². The molecule has 2 aromatic carbocycles. The largest absolute Gasteiger partial charge is 0.372 e. The highest BCUT2D eigenvalue weighted by Crippen LogP contribution is 2.24. The Balaban J connectivity index is 1.67. The summed E-state index contributed by atoms with van der Waals surface area (Å²) in [7, 11) is -3.81. The van der Waals surface area contributed by atoms with Crippen LogP contribution < -0.4 is 4.72 Å². The maximum Gasteiger partial charge on any atom is 0.263 e. The summed E-state index contributed by atoms with van der Waals surface area (Å²) in [5.74, 6) is -0.0797. The van der Waals surface area contributed by atoms with E-state index in [1.807, 2.05) is 0 Å². The maximum absolute atomic E-state index is 12.9. The Labute approximate surface area is 174 Å². The lowest BCUT2D eigenvalue weighted by Gasteiger charge is -2.12. The normalized spacial score (nSPS) is 11.4. The molecule has 0 aliphatic carbocycles. The second-order valence-corrected chi connectivity index (χ2v) is 8.59. The van der Waals surface area contributed by atoms with Gasteiger partial charge in [0.05, 0.1) is 18.1 Å². The molecular weight excluding hydrogens is 415 g/mol. The minimum atomic E-state index is -3.81. The number of aryl methyl sites for hydroxylation is 1. The molecule has 3 rings (SSSR count). The van der Waals surface area contributed by atoms with Crippen molar-refractivity contribution >= 4 is 27.4 Å². The molecule has 0 aliphatic heterocycles. The number of hydrogen-bond acceptors (Lipinski definition) is 4. The fourth-order valence-corrected chi connectivity index (χ4v) is 4.23. The van der Waals surface area contributed by atoms with Gasteiger partial charge in [-0.15, -0.1) is 0 Å². The monoisotopic (exact) mass is 434 g/mol. The van der Waals surface area contributed by atoms with Crippen molar-refractivity contribution in [3.8, 4) is 0 Å². The van der Waals surface area contributed by atoms with Crippen LogP contribution in [-0.2, 0) is 28.0 Å². The number of ether oxygens (including phenoxy) is 1. The lowest BCUT2D eigenvalue weighted by molar-refractivity contribution is 0.106. The summed E-state index contributed by atoms with van der Waals surface area (Å²) in [5.41, 5.74) is 2.81. The minimum absolute atomic E-state index is 0.108. The Bertz CT molecular complexity index is 1120. The van der Waals surface area contributed by atoms with Gasteiger partial charge in [-0.1, -0.05) is 35.9 Å². The van der Waals surface area contributed by atoms with E-state index >= 15 is 0 Å². The third-order valence-corrected chi connectivity index (χ3v) is 6.29. The molecule has 0 amide bonds. The predicted molar refractivity (Wildman–Crippen MR) is 111 cm³/mol. The van der Waals surface area contributed by atoms with E-state index in [1.165, 1.54) is 18.2 Å². The van der Waals surface area contributed by atoms with Gasteiger partial charge in [-0.2, -0.15) is 0 Å². The van der Waals surface area contributed by atoms with Crippen LogP contribution in [0.25, 0.3) is 0 Å². The van der Waals surface area contributed by atoms with E-state index in [1.54, 1.807) is 50.2 Å². The second kappa shape index (κ2) is 8.90. The van der Waals surface area contributed by atoms with Crippen molar-refractivity contribution in [3.63, 3.8) is 0 Å². The first kappa shape index (κ1) is 21.2. The first-order chi connectivity index (χ1) is 13.8. The highest BCUT2D eigenvalue weighted by atomic mass is 35.5. The van der Waals surface area contributed by atoms with Crippen molar-refractivity contribution in [2.45, 2.75) is 32.0 Å². The van der Waals surface area contributed by atoms with E-state index in [4.69, 9.17) is 16.3 Å². The number of benzene rings is 2. The molecule has 1 heterocycles. The van der Waals surface area contributed by atoms with Gasteiger partial charge < -0.3 is 4.74 Å². The first-order valence-electron chi connectivity index (χ1n) is 8.83. The summed E-state index contributed by atoms with van der Waals surface area (Å²) >= 11 is 6.03. The van der Waals surface area contributed by atoms with E-state index in [-0.39, 0.29) is 16.5 Å². The van der Waals surface area contributed by atoms with E-state index in [0.717, 1.165) is 11.1 Å². The van der Waals surface area contributed by atoms with Gasteiger partial charge in [-0.3, -0.25) is 4.72 Å². The molecule has 1 aromatic heterocycles. The number of aromatic nitrogens is 1. The molecule has 0 atom stereocenters. The van der Waals surface area contributed by atoms with Gasteiger partial charge in [0.1, 0.15) is 11.6 Å². The molecule has 0 aliphatic rings. The molecule has 0 saturated carbocycles. The predicted octanol–water partition coefficient (Wildman–Crippen LogP) is 5.01. The summed E-state index contributed by atoms with van der Waals surface area (Å²) < 4.78 is 46.4. The van der Waals surface area contributed by atoms with Crippen LogP contribution in [0, 0.1) is 19.7 Å². The highest BCUT2D eigenvalue weighted by molar-refractivity contribution is 7.92. The van der Waals surface area contributed by atoms with E-state index in [9.17, 15) is 12.8 Å². The van der Waals surface area contributed by atoms with Crippen LogP contribution in [0.4, 0.5) is 10.2 Å². The molecule has 8 heteroatoms. The Morgan fingerprint density at radius 3 is 2.45 bits per heavy atom. The third kappa shape index (κ3) is 5.32. The number of nitrogens with zero attached hydrogens (tertiary/aromatic N) is 1. The summed E-state index contributed by atoms with van der Waals surface area (Å²) in [5, 5.41) is 0.380. The van der Waals surface area contributed by atoms with Gasteiger partial charge in [0.15, 0.2) is 0 Å². The maximum atomic E-state index is 12.9. The summed E-state index contributed by atoms with van der Waals surface area (Å²) in [6.45, 7) is 4.06. The van der Waals surface area contributed by atoms with Gasteiger partial charge in [0.25, 0.3) is 10.0 Å². The number of halogens is 2. The SMILES string of the molecule is Cc1nc(NS(=O)(=O)c2cccc(Cl)c2C)ccc1COCc1ccc(F)cc1. The van der Waals surface area contributed by atoms with E-state index in [0.29, 0.717) is 29.5 Å². The van der Waals surface area contributed by atoms with Gasteiger partial charge >= 0.3 is 0 Å². The minimum Gasteiger partial charge on any atom is -0.372 e. The topological polar surface area (TPSA) is 68.3 Å². The van der Waals surface area contributed by atoms with Crippen molar-refractivity contribution in [1.29, 1.82) is 0 Å². The van der Waals surface area contributed by atoms with Crippen LogP contribution >= 0.6 is 11.6 Å². The van der Waals surface area contributed by atoms with Crippen LogP contribution in [0.15, 0.2) is 59.5 Å². The molecule has 0 saturated heterocycles. The zero-order valence-electron chi connectivity index (χ0n) is 15.9. The van der Waals surface area contributed by atoms with Crippen molar-refractivity contribution in [3.05, 3.63) is 87.8 Å². The standard InChI is InChI=1S/C21H20ClFN2O3S/c1-14-19(22)4-3-5-20(14)29(26,27)25-21-11-8-17(15(2)24-21)13-28-12-16-6-9-18(23)10-7-16/h3-11H,12-13H2,1-2H3,(H,24,25). The first-order valence-corrected chi connectivity index (χ1v) is 10.7. The van der Waals surface area contributed by atoms with Crippen LogP contribution in [-0.4, -0.2) is 13.4 Å². The molecule has 0 unspecified atom stereocenters. The van der Waals surface area contributed by atoms with E-state index < -0.39 is 10.0 Å². The molecule has 0 fully saturated rings. The summed E-state index contributed by atoms with van der Waals surface area (Å²) in [6, 6.07) is 14.2. The van der Waals surface area contributed by atoms with Gasteiger partial charge in [-0.05, 0) is 60.9 Å². The smallest absolute Gasteiger partial charge is 0.263 e. The number of nitrogens with one attached hydrogen (secondary N) is 1.